The van der Waals surface area contributed by atoms with E-state index in [0.717, 1.165) is 29.1 Å². The Morgan fingerprint density at radius 3 is 2.17 bits per heavy atom. The van der Waals surface area contributed by atoms with Crippen molar-refractivity contribution in [3.05, 3.63) is 17.2 Å². The fourth-order valence-corrected chi connectivity index (χ4v) is 2.95. The van der Waals surface area contributed by atoms with Gasteiger partial charge in [0.2, 0.25) is 0 Å². The maximum Gasteiger partial charge on any atom is 0.498 e. The molecule has 0 aromatic carbocycles. The zero-order valence-corrected chi connectivity index (χ0v) is 15.6. The third-order valence-corrected chi connectivity index (χ3v) is 5.69. The van der Waals surface area contributed by atoms with Crippen LogP contribution in [0.3, 0.4) is 0 Å². The van der Waals surface area contributed by atoms with Crippen LogP contribution in [0.15, 0.2) is 0 Å². The summed E-state index contributed by atoms with van der Waals surface area (Å²) in [4.78, 5) is 9.72. The van der Waals surface area contributed by atoms with Crippen LogP contribution in [0.25, 0.3) is 0 Å². The zero-order valence-electron chi connectivity index (χ0n) is 15.6. The molecule has 0 N–H and O–H groups in total. The van der Waals surface area contributed by atoms with Crippen LogP contribution in [-0.2, 0) is 9.31 Å². The largest absolute Gasteiger partial charge is 0.498 e. The quantitative estimate of drug-likeness (QED) is 0.798. The molecule has 2 aliphatic rings. The van der Waals surface area contributed by atoms with Crippen molar-refractivity contribution >= 4 is 12.6 Å². The van der Waals surface area contributed by atoms with Crippen LogP contribution in [0.2, 0.25) is 0 Å². The van der Waals surface area contributed by atoms with Crippen molar-refractivity contribution in [1.29, 1.82) is 0 Å². The van der Waals surface area contributed by atoms with Crippen LogP contribution in [-0.4, -0.2) is 28.3 Å². The van der Waals surface area contributed by atoms with Crippen LogP contribution in [0.5, 0.6) is 0 Å². The lowest BCUT2D eigenvalue weighted by atomic mass is 9.75. The molecular weight excluding hydrogens is 287 g/mol. The molecule has 0 bridgehead atoms. The van der Waals surface area contributed by atoms with E-state index in [9.17, 15) is 0 Å². The van der Waals surface area contributed by atoms with Crippen LogP contribution >= 0.6 is 0 Å². The smallest absolute Gasteiger partial charge is 0.399 e. The average molecular weight is 316 g/mol. The van der Waals surface area contributed by atoms with Gasteiger partial charge in [-0.2, -0.15) is 0 Å². The average Bonchev–Trinajstić information content (AvgIpc) is 3.25. The Kier molecular flexibility index (Phi) is 4.08. The molecule has 0 radical (unpaired) electrons. The molecule has 0 amide bonds. The minimum absolute atomic E-state index is 0.333. The summed E-state index contributed by atoms with van der Waals surface area (Å²) in [5.41, 5.74) is 2.57. The van der Waals surface area contributed by atoms with E-state index in [2.05, 4.69) is 48.5 Å². The van der Waals surface area contributed by atoms with Gasteiger partial charge in [-0.1, -0.05) is 13.8 Å². The summed E-state index contributed by atoms with van der Waals surface area (Å²) in [5, 5.41) is 0. The normalized spacial score (nSPS) is 24.0. The number of rotatable bonds is 4. The van der Waals surface area contributed by atoms with E-state index in [1.165, 1.54) is 12.8 Å². The standard InChI is InChI=1S/C18H29BN2O2/c1-8-11(2)16-20-12(3)14(15(21-16)13-9-10-13)19-22-17(4,5)18(6,7)23-19/h11,13H,8-10H2,1-7H3. The molecule has 1 aliphatic carbocycles. The lowest BCUT2D eigenvalue weighted by molar-refractivity contribution is 0.00578. The second-order valence-electron chi connectivity index (χ2n) is 8.14. The highest BCUT2D eigenvalue weighted by Gasteiger charge is 2.53. The highest BCUT2D eigenvalue weighted by atomic mass is 16.7. The van der Waals surface area contributed by atoms with Gasteiger partial charge >= 0.3 is 7.12 Å². The summed E-state index contributed by atoms with van der Waals surface area (Å²) in [5.74, 6) is 1.90. The van der Waals surface area contributed by atoms with Crippen LogP contribution in [0, 0.1) is 6.92 Å². The van der Waals surface area contributed by atoms with Gasteiger partial charge in [-0.15, -0.1) is 0 Å². The molecule has 23 heavy (non-hydrogen) atoms. The molecule has 1 atom stereocenters. The molecule has 1 aliphatic heterocycles. The molecule has 1 unspecified atom stereocenters. The van der Waals surface area contributed by atoms with Gasteiger partial charge in [0.25, 0.3) is 0 Å². The molecule has 3 rings (SSSR count). The molecule has 4 nitrogen and oxygen atoms in total. The third kappa shape index (κ3) is 2.94. The van der Waals surface area contributed by atoms with Crippen molar-refractivity contribution in [3.8, 4) is 0 Å². The number of nitrogens with zero attached hydrogens (tertiary/aromatic N) is 2. The minimum Gasteiger partial charge on any atom is -0.399 e. The predicted molar refractivity (Wildman–Crippen MR) is 93.2 cm³/mol. The monoisotopic (exact) mass is 316 g/mol. The number of hydrogen-bond acceptors (Lipinski definition) is 4. The van der Waals surface area contributed by atoms with Gasteiger partial charge in [0.1, 0.15) is 5.82 Å². The highest BCUT2D eigenvalue weighted by molar-refractivity contribution is 6.63. The molecule has 1 saturated heterocycles. The van der Waals surface area contributed by atoms with E-state index < -0.39 is 0 Å². The summed E-state index contributed by atoms with van der Waals surface area (Å²) in [7, 11) is -0.360. The fourth-order valence-electron chi connectivity index (χ4n) is 2.95. The first-order chi connectivity index (χ1) is 10.7. The van der Waals surface area contributed by atoms with Gasteiger partial charge in [-0.3, -0.25) is 0 Å². The van der Waals surface area contributed by atoms with E-state index in [1.807, 2.05) is 0 Å². The van der Waals surface area contributed by atoms with Crippen LogP contribution in [0.4, 0.5) is 0 Å². The lowest BCUT2D eigenvalue weighted by Gasteiger charge is -2.32. The third-order valence-electron chi connectivity index (χ3n) is 5.69. The topological polar surface area (TPSA) is 44.2 Å². The van der Waals surface area contributed by atoms with Gasteiger partial charge in [-0.25, -0.2) is 9.97 Å². The van der Waals surface area contributed by atoms with Crippen LogP contribution < -0.4 is 5.46 Å². The molecule has 0 spiro atoms. The molecule has 1 aromatic heterocycles. The van der Waals surface area contributed by atoms with Crippen molar-refractivity contribution in [2.45, 2.75) is 90.8 Å². The molecule has 1 aromatic rings. The molecular formula is C18H29BN2O2. The van der Waals surface area contributed by atoms with Crippen LogP contribution in [0.1, 0.15) is 89.9 Å². The van der Waals surface area contributed by atoms with Crippen molar-refractivity contribution in [2.24, 2.45) is 0 Å². The second kappa shape index (κ2) is 5.56. The summed E-state index contributed by atoms with van der Waals surface area (Å²) in [6.07, 6.45) is 3.48. The van der Waals surface area contributed by atoms with Gasteiger partial charge in [0, 0.05) is 28.7 Å². The number of hydrogen-bond donors (Lipinski definition) is 0. The van der Waals surface area contributed by atoms with Gasteiger partial charge in [0.05, 0.1) is 11.2 Å². The van der Waals surface area contributed by atoms with Gasteiger partial charge < -0.3 is 9.31 Å². The number of aryl methyl sites for hydroxylation is 1. The van der Waals surface area contributed by atoms with E-state index in [0.29, 0.717) is 11.8 Å². The summed E-state index contributed by atoms with van der Waals surface area (Å²) >= 11 is 0. The van der Waals surface area contributed by atoms with Crippen molar-refractivity contribution in [1.82, 2.24) is 9.97 Å². The Labute approximate surface area is 140 Å². The molecule has 126 valence electrons. The first kappa shape index (κ1) is 16.9. The minimum atomic E-state index is -0.360. The Bertz CT molecular complexity index is 595. The summed E-state index contributed by atoms with van der Waals surface area (Å²) < 4.78 is 12.5. The summed E-state index contributed by atoms with van der Waals surface area (Å²) in [6.45, 7) is 14.8. The maximum absolute atomic E-state index is 6.27. The number of aromatic nitrogens is 2. The molecule has 5 heteroatoms. The Morgan fingerprint density at radius 2 is 1.70 bits per heavy atom. The van der Waals surface area contributed by atoms with E-state index >= 15 is 0 Å². The molecule has 2 fully saturated rings. The maximum atomic E-state index is 6.27. The predicted octanol–water partition coefficient (Wildman–Crippen LogP) is 3.48. The Hall–Kier alpha value is -0.935. The Morgan fingerprint density at radius 1 is 1.13 bits per heavy atom. The van der Waals surface area contributed by atoms with Crippen molar-refractivity contribution in [2.75, 3.05) is 0 Å². The van der Waals surface area contributed by atoms with Crippen molar-refractivity contribution < 1.29 is 9.31 Å². The molecule has 2 heterocycles. The van der Waals surface area contributed by atoms with Crippen molar-refractivity contribution in [3.63, 3.8) is 0 Å². The zero-order chi connectivity index (χ0) is 17.0. The first-order valence-corrected chi connectivity index (χ1v) is 8.90. The highest BCUT2D eigenvalue weighted by Crippen LogP contribution is 2.41. The summed E-state index contributed by atoms with van der Waals surface area (Å²) in [6, 6.07) is 0. The van der Waals surface area contributed by atoms with Gasteiger partial charge in [-0.05, 0) is 53.9 Å². The second-order valence-corrected chi connectivity index (χ2v) is 8.14. The lowest BCUT2D eigenvalue weighted by Crippen LogP contribution is -2.41. The SMILES string of the molecule is CCC(C)c1nc(C)c(B2OC(C)(C)C(C)(C)O2)c(C2CC2)n1. The van der Waals surface area contributed by atoms with E-state index in [1.54, 1.807) is 0 Å². The fraction of sp³-hybridized carbons (Fsp3) is 0.778. The van der Waals surface area contributed by atoms with Gasteiger partial charge in [0.15, 0.2) is 0 Å². The molecule has 1 saturated carbocycles. The Balaban J connectivity index is 2.03. The van der Waals surface area contributed by atoms with E-state index in [4.69, 9.17) is 19.3 Å². The van der Waals surface area contributed by atoms with E-state index in [-0.39, 0.29) is 18.3 Å². The first-order valence-electron chi connectivity index (χ1n) is 8.90.